The molecule has 0 fully saturated rings. The number of rotatable bonds is 4. The van der Waals surface area contributed by atoms with Gasteiger partial charge in [0.05, 0.1) is 28.1 Å². The quantitative estimate of drug-likeness (QED) is 0.200. The van der Waals surface area contributed by atoms with Crippen molar-refractivity contribution < 1.29 is 4.42 Å². The van der Waals surface area contributed by atoms with Gasteiger partial charge in [-0.3, -0.25) is 4.98 Å². The van der Waals surface area contributed by atoms with Crippen LogP contribution in [-0.2, 0) is 0 Å². The Labute approximate surface area is 268 Å². The van der Waals surface area contributed by atoms with E-state index in [4.69, 9.17) is 19.4 Å². The Morgan fingerprint density at radius 3 is 1.81 bits per heavy atom. The van der Waals surface area contributed by atoms with Gasteiger partial charge in [0, 0.05) is 44.6 Å². The van der Waals surface area contributed by atoms with E-state index >= 15 is 0 Å². The van der Waals surface area contributed by atoms with Gasteiger partial charge in [-0.25, -0.2) is 9.55 Å². The van der Waals surface area contributed by atoms with Gasteiger partial charge in [-0.2, -0.15) is 9.97 Å². The Morgan fingerprint density at radius 1 is 0.468 bits per heavy atom. The number of nitrogens with zero attached hydrogens (tertiary/aromatic N) is 6. The third-order valence-corrected chi connectivity index (χ3v) is 8.91. The van der Waals surface area contributed by atoms with Gasteiger partial charge >= 0.3 is 0 Å². The molecule has 0 aliphatic carbocycles. The maximum Gasteiger partial charge on any atom is 0.241 e. The normalized spacial score (nSPS) is 11.8. The van der Waals surface area contributed by atoms with Gasteiger partial charge in [0.2, 0.25) is 11.7 Å². The molecule has 220 valence electrons. The van der Waals surface area contributed by atoms with Crippen LogP contribution in [0.15, 0.2) is 150 Å². The van der Waals surface area contributed by atoms with Crippen LogP contribution in [0.1, 0.15) is 0 Å². The van der Waals surface area contributed by atoms with E-state index in [0.717, 1.165) is 44.1 Å². The largest absolute Gasteiger partial charge is 0.439 e. The summed E-state index contributed by atoms with van der Waals surface area (Å²) in [6.45, 7) is 0. The summed E-state index contributed by atoms with van der Waals surface area (Å²) in [7, 11) is 0. The lowest BCUT2D eigenvalue weighted by molar-refractivity contribution is 0.641. The van der Waals surface area contributed by atoms with E-state index in [1.165, 1.54) is 21.8 Å². The van der Waals surface area contributed by atoms with E-state index in [9.17, 15) is 0 Å². The molecule has 10 aromatic rings. The molecule has 7 nitrogen and oxygen atoms in total. The molecule has 0 amide bonds. The van der Waals surface area contributed by atoms with Gasteiger partial charge in [0.1, 0.15) is 5.58 Å². The zero-order chi connectivity index (χ0) is 30.9. The highest BCUT2D eigenvalue weighted by atomic mass is 16.3. The summed E-state index contributed by atoms with van der Waals surface area (Å²) in [5.74, 6) is 1.61. The highest BCUT2D eigenvalue weighted by Crippen LogP contribution is 2.38. The van der Waals surface area contributed by atoms with Gasteiger partial charge in [0.15, 0.2) is 11.6 Å². The molecule has 7 heteroatoms. The predicted molar refractivity (Wildman–Crippen MR) is 187 cm³/mol. The van der Waals surface area contributed by atoms with E-state index in [1.54, 1.807) is 6.20 Å². The fourth-order valence-corrected chi connectivity index (χ4v) is 6.80. The number of benzene rings is 5. The molecular weight excluding hydrogens is 580 g/mol. The van der Waals surface area contributed by atoms with Crippen molar-refractivity contribution in [2.75, 3.05) is 0 Å². The zero-order valence-electron chi connectivity index (χ0n) is 24.9. The highest BCUT2D eigenvalue weighted by molar-refractivity contribution is 6.19. The molecular formula is C40H24N6O. The molecule has 5 aromatic carbocycles. The van der Waals surface area contributed by atoms with Crippen LogP contribution in [-0.4, -0.2) is 29.1 Å². The summed E-state index contributed by atoms with van der Waals surface area (Å²) >= 11 is 0. The number of furan rings is 1. The molecule has 0 radical (unpaired) electrons. The summed E-state index contributed by atoms with van der Waals surface area (Å²) in [4.78, 5) is 19.5. The second kappa shape index (κ2) is 9.95. The average molecular weight is 605 g/mol. The second-order valence-electron chi connectivity index (χ2n) is 11.6. The minimum Gasteiger partial charge on any atom is -0.439 e. The van der Waals surface area contributed by atoms with Crippen LogP contribution in [0.3, 0.4) is 0 Å². The van der Waals surface area contributed by atoms with Gasteiger partial charge in [-0.1, -0.05) is 84.9 Å². The topological polar surface area (TPSA) is 74.6 Å². The van der Waals surface area contributed by atoms with Crippen molar-refractivity contribution >= 4 is 54.8 Å². The Hall–Kier alpha value is -6.60. The van der Waals surface area contributed by atoms with Gasteiger partial charge in [0.25, 0.3) is 0 Å². The molecule has 0 N–H and O–H groups in total. The van der Waals surface area contributed by atoms with E-state index in [1.807, 2.05) is 65.4 Å². The Morgan fingerprint density at radius 2 is 1.09 bits per heavy atom. The molecule has 0 bridgehead atoms. The third kappa shape index (κ3) is 3.87. The van der Waals surface area contributed by atoms with Crippen LogP contribution >= 0.6 is 0 Å². The van der Waals surface area contributed by atoms with Crippen molar-refractivity contribution in [1.29, 1.82) is 0 Å². The lowest BCUT2D eigenvalue weighted by atomic mass is 10.1. The SMILES string of the molecule is c1ccc(-c2nc(-c3ccc(-n4c5ccccc5c5ccccc54)cc3)nc(-n3c4cnccc4c4c5ccccc5oc43)n2)cc1. The minimum atomic E-state index is 0.465. The summed E-state index contributed by atoms with van der Waals surface area (Å²) in [6, 6.07) is 45.6. The van der Waals surface area contributed by atoms with Gasteiger partial charge in [-0.05, 0) is 48.5 Å². The molecule has 47 heavy (non-hydrogen) atoms. The molecule has 0 saturated carbocycles. The number of fused-ring (bicyclic) bond motifs is 8. The maximum atomic E-state index is 6.47. The number of aromatic nitrogens is 6. The zero-order valence-corrected chi connectivity index (χ0v) is 24.9. The molecule has 0 saturated heterocycles. The Bertz CT molecular complexity index is 2740. The van der Waals surface area contributed by atoms with Crippen molar-refractivity contribution in [3.8, 4) is 34.4 Å². The first kappa shape index (κ1) is 25.7. The molecule has 5 aromatic heterocycles. The maximum absolute atomic E-state index is 6.47. The average Bonchev–Trinajstić information content (AvgIpc) is 3.79. The molecule has 10 rings (SSSR count). The van der Waals surface area contributed by atoms with Crippen LogP contribution in [0, 0.1) is 0 Å². The minimum absolute atomic E-state index is 0.465. The standard InChI is InChI=1S/C40H24N6O/c1-2-10-25(11-3-1)37-42-38(26-18-20-27(21-19-26)45-32-15-7-4-12-28(32)29-13-5-8-16-33(29)45)44-40(43-37)46-34-24-41-23-22-30(34)36-31-14-6-9-17-35(31)47-39(36)46/h1-24H. The smallest absolute Gasteiger partial charge is 0.241 e. The monoisotopic (exact) mass is 604 g/mol. The van der Waals surface area contributed by atoms with E-state index in [-0.39, 0.29) is 0 Å². The first-order valence-electron chi connectivity index (χ1n) is 15.5. The van der Waals surface area contributed by atoms with Crippen LogP contribution < -0.4 is 0 Å². The van der Waals surface area contributed by atoms with Crippen molar-refractivity contribution in [1.82, 2.24) is 29.1 Å². The predicted octanol–water partition coefficient (Wildman–Crippen LogP) is 9.54. The molecule has 0 atom stereocenters. The fourth-order valence-electron chi connectivity index (χ4n) is 6.80. The number of hydrogen-bond acceptors (Lipinski definition) is 5. The number of pyridine rings is 1. The van der Waals surface area contributed by atoms with Crippen molar-refractivity contribution in [3.63, 3.8) is 0 Å². The van der Waals surface area contributed by atoms with E-state index < -0.39 is 0 Å². The summed E-state index contributed by atoms with van der Waals surface area (Å²) in [6.07, 6.45) is 3.65. The van der Waals surface area contributed by atoms with Gasteiger partial charge < -0.3 is 8.98 Å². The van der Waals surface area contributed by atoms with Crippen molar-refractivity contribution in [2.24, 2.45) is 0 Å². The third-order valence-electron chi connectivity index (χ3n) is 8.91. The molecule has 5 heterocycles. The summed E-state index contributed by atoms with van der Waals surface area (Å²) in [5.41, 5.74) is 7.52. The first-order chi connectivity index (χ1) is 23.3. The van der Waals surface area contributed by atoms with Crippen LogP contribution in [0.4, 0.5) is 0 Å². The van der Waals surface area contributed by atoms with E-state index in [0.29, 0.717) is 23.3 Å². The molecule has 0 aliphatic heterocycles. The lowest BCUT2D eigenvalue weighted by Crippen LogP contribution is -2.06. The van der Waals surface area contributed by atoms with Crippen LogP contribution in [0.5, 0.6) is 0 Å². The first-order valence-corrected chi connectivity index (χ1v) is 15.5. The summed E-state index contributed by atoms with van der Waals surface area (Å²) < 4.78 is 10.7. The van der Waals surface area contributed by atoms with Gasteiger partial charge in [-0.15, -0.1) is 0 Å². The number of para-hydroxylation sites is 3. The molecule has 0 spiro atoms. The van der Waals surface area contributed by atoms with Crippen molar-refractivity contribution in [2.45, 2.75) is 0 Å². The second-order valence-corrected chi connectivity index (χ2v) is 11.6. The number of hydrogen-bond donors (Lipinski definition) is 0. The molecule has 0 aliphatic rings. The fraction of sp³-hybridized carbons (Fsp3) is 0. The van der Waals surface area contributed by atoms with Crippen LogP contribution in [0.2, 0.25) is 0 Å². The lowest BCUT2D eigenvalue weighted by Gasteiger charge is -2.11. The molecule has 0 unspecified atom stereocenters. The van der Waals surface area contributed by atoms with Crippen molar-refractivity contribution in [3.05, 3.63) is 146 Å². The summed E-state index contributed by atoms with van der Waals surface area (Å²) in [5, 5.41) is 5.53. The highest BCUT2D eigenvalue weighted by Gasteiger charge is 2.22. The van der Waals surface area contributed by atoms with Crippen LogP contribution in [0.25, 0.3) is 89.2 Å². The van der Waals surface area contributed by atoms with E-state index in [2.05, 4.69) is 88.4 Å². The Kier molecular flexibility index (Phi) is 5.44. The Balaban J connectivity index is 1.19.